The number of carbonyl (C=O) groups is 1. The summed E-state index contributed by atoms with van der Waals surface area (Å²) in [5.74, 6) is 0.177. The van der Waals surface area contributed by atoms with E-state index < -0.39 is 0 Å². The molecule has 22 heavy (non-hydrogen) atoms. The molecule has 0 aromatic heterocycles. The number of amides is 1. The monoisotopic (exact) mass is 295 g/mol. The molecule has 2 rings (SSSR count). The van der Waals surface area contributed by atoms with Gasteiger partial charge in [-0.05, 0) is 36.8 Å². The van der Waals surface area contributed by atoms with Gasteiger partial charge in [0.05, 0.1) is 0 Å². The molecule has 0 spiro atoms. The van der Waals surface area contributed by atoms with Crippen molar-refractivity contribution >= 4 is 5.91 Å². The number of aryl methyl sites for hydroxylation is 1. The maximum absolute atomic E-state index is 11.8. The molecule has 0 aliphatic carbocycles. The number of hydrogen-bond acceptors (Lipinski definition) is 1. The van der Waals surface area contributed by atoms with E-state index in [2.05, 4.69) is 41.7 Å². The molecule has 2 aromatic carbocycles. The molecule has 2 aromatic rings. The fourth-order valence-corrected chi connectivity index (χ4v) is 2.52. The second-order valence-electron chi connectivity index (χ2n) is 5.63. The van der Waals surface area contributed by atoms with Gasteiger partial charge < -0.3 is 5.32 Å². The Bertz CT molecular complexity index is 536. The molecule has 2 heteroatoms. The molecule has 0 saturated carbocycles. The van der Waals surface area contributed by atoms with Crippen LogP contribution in [0, 0.1) is 0 Å². The summed E-state index contributed by atoms with van der Waals surface area (Å²) in [5, 5.41) is 3.00. The first-order valence-corrected chi connectivity index (χ1v) is 8.19. The number of nitrogens with one attached hydrogen (secondary N) is 1. The van der Waals surface area contributed by atoms with E-state index in [9.17, 15) is 4.79 Å². The molecule has 1 amide bonds. The molecule has 0 aliphatic heterocycles. The summed E-state index contributed by atoms with van der Waals surface area (Å²) in [6.45, 7) is 0.729. The maximum atomic E-state index is 11.8. The standard InChI is InChI=1S/C20H25NO/c22-20(21-17-16-19-13-6-2-7-14-19)15-9-3-8-12-18-10-4-1-5-11-18/h1-2,4-7,10-11,13-14H,3,8-9,12,15-17H2,(H,21,22). The summed E-state index contributed by atoms with van der Waals surface area (Å²) in [5.41, 5.74) is 2.65. The van der Waals surface area contributed by atoms with Crippen LogP contribution in [0.25, 0.3) is 0 Å². The lowest BCUT2D eigenvalue weighted by molar-refractivity contribution is -0.121. The molecule has 0 atom stereocenters. The van der Waals surface area contributed by atoms with Gasteiger partial charge in [-0.25, -0.2) is 0 Å². The zero-order valence-electron chi connectivity index (χ0n) is 13.1. The minimum Gasteiger partial charge on any atom is -0.356 e. The van der Waals surface area contributed by atoms with Crippen LogP contribution in [0.4, 0.5) is 0 Å². The fourth-order valence-electron chi connectivity index (χ4n) is 2.52. The highest BCUT2D eigenvalue weighted by Gasteiger charge is 2.01. The second-order valence-corrected chi connectivity index (χ2v) is 5.63. The topological polar surface area (TPSA) is 29.1 Å². The van der Waals surface area contributed by atoms with E-state index in [4.69, 9.17) is 0 Å². The molecular formula is C20H25NO. The summed E-state index contributed by atoms with van der Waals surface area (Å²) in [6.07, 6.45) is 5.90. The lowest BCUT2D eigenvalue weighted by atomic mass is 10.1. The van der Waals surface area contributed by atoms with Gasteiger partial charge in [0.1, 0.15) is 0 Å². The average Bonchev–Trinajstić information content (AvgIpc) is 2.56. The average molecular weight is 295 g/mol. The number of rotatable bonds is 9. The van der Waals surface area contributed by atoms with Gasteiger partial charge in [0.25, 0.3) is 0 Å². The Kier molecular flexibility index (Phi) is 7.24. The van der Waals surface area contributed by atoms with Crippen molar-refractivity contribution in [3.63, 3.8) is 0 Å². The highest BCUT2D eigenvalue weighted by Crippen LogP contribution is 2.07. The van der Waals surface area contributed by atoms with Gasteiger partial charge >= 0.3 is 0 Å². The Hall–Kier alpha value is -2.09. The summed E-state index contributed by atoms with van der Waals surface area (Å²) in [7, 11) is 0. The lowest BCUT2D eigenvalue weighted by Crippen LogP contribution is -2.25. The van der Waals surface area contributed by atoms with Crippen LogP contribution in [-0.4, -0.2) is 12.5 Å². The van der Waals surface area contributed by atoms with Gasteiger partial charge in [-0.15, -0.1) is 0 Å². The van der Waals surface area contributed by atoms with Gasteiger partial charge in [-0.3, -0.25) is 4.79 Å². The van der Waals surface area contributed by atoms with E-state index in [1.165, 1.54) is 11.1 Å². The van der Waals surface area contributed by atoms with Gasteiger partial charge in [0.15, 0.2) is 0 Å². The zero-order valence-corrected chi connectivity index (χ0v) is 13.1. The largest absolute Gasteiger partial charge is 0.356 e. The summed E-state index contributed by atoms with van der Waals surface area (Å²) in [4.78, 5) is 11.8. The van der Waals surface area contributed by atoms with Crippen LogP contribution in [0.2, 0.25) is 0 Å². The fraction of sp³-hybridized carbons (Fsp3) is 0.350. The van der Waals surface area contributed by atoms with Crippen molar-refractivity contribution in [2.75, 3.05) is 6.54 Å². The van der Waals surface area contributed by atoms with Crippen LogP contribution in [0.3, 0.4) is 0 Å². The summed E-state index contributed by atoms with van der Waals surface area (Å²) < 4.78 is 0. The van der Waals surface area contributed by atoms with Crippen LogP contribution in [-0.2, 0) is 17.6 Å². The van der Waals surface area contributed by atoms with Crippen molar-refractivity contribution in [3.8, 4) is 0 Å². The van der Waals surface area contributed by atoms with E-state index in [0.717, 1.165) is 38.6 Å². The third kappa shape index (κ3) is 6.57. The van der Waals surface area contributed by atoms with E-state index in [1.54, 1.807) is 0 Å². The highest BCUT2D eigenvalue weighted by atomic mass is 16.1. The number of unbranched alkanes of at least 4 members (excludes halogenated alkanes) is 2. The van der Waals surface area contributed by atoms with Gasteiger partial charge in [-0.1, -0.05) is 67.1 Å². The first-order valence-electron chi connectivity index (χ1n) is 8.19. The van der Waals surface area contributed by atoms with Gasteiger partial charge in [-0.2, -0.15) is 0 Å². The summed E-state index contributed by atoms with van der Waals surface area (Å²) in [6, 6.07) is 20.8. The molecule has 0 heterocycles. The second kappa shape index (κ2) is 9.78. The maximum Gasteiger partial charge on any atom is 0.220 e. The Morgan fingerprint density at radius 1 is 0.727 bits per heavy atom. The zero-order chi connectivity index (χ0) is 15.5. The normalized spacial score (nSPS) is 10.4. The molecule has 0 unspecified atom stereocenters. The minimum absolute atomic E-state index is 0.177. The van der Waals surface area contributed by atoms with Crippen molar-refractivity contribution in [1.29, 1.82) is 0 Å². The Balaban J connectivity index is 1.49. The predicted molar refractivity (Wildman–Crippen MR) is 91.8 cm³/mol. The molecule has 2 nitrogen and oxygen atoms in total. The predicted octanol–water partition coefficient (Wildman–Crippen LogP) is 4.15. The first-order chi connectivity index (χ1) is 10.8. The Labute approximate surface area is 133 Å². The van der Waals surface area contributed by atoms with Crippen molar-refractivity contribution < 1.29 is 4.79 Å². The number of hydrogen-bond donors (Lipinski definition) is 1. The quantitative estimate of drug-likeness (QED) is 0.692. The van der Waals surface area contributed by atoms with Crippen LogP contribution in [0.5, 0.6) is 0 Å². The molecule has 0 radical (unpaired) electrons. The van der Waals surface area contributed by atoms with Crippen molar-refractivity contribution in [1.82, 2.24) is 5.32 Å². The molecule has 1 N–H and O–H groups in total. The number of carbonyl (C=O) groups excluding carboxylic acids is 1. The summed E-state index contributed by atoms with van der Waals surface area (Å²) >= 11 is 0. The Morgan fingerprint density at radius 2 is 1.32 bits per heavy atom. The minimum atomic E-state index is 0.177. The van der Waals surface area contributed by atoms with Gasteiger partial charge in [0.2, 0.25) is 5.91 Å². The Morgan fingerprint density at radius 3 is 1.95 bits per heavy atom. The van der Waals surface area contributed by atoms with Crippen molar-refractivity contribution in [2.45, 2.75) is 38.5 Å². The van der Waals surface area contributed by atoms with E-state index in [1.807, 2.05) is 24.3 Å². The molecule has 0 fully saturated rings. The van der Waals surface area contributed by atoms with Crippen LogP contribution >= 0.6 is 0 Å². The van der Waals surface area contributed by atoms with E-state index in [-0.39, 0.29) is 5.91 Å². The lowest BCUT2D eigenvalue weighted by Gasteiger charge is -2.05. The third-order valence-electron chi connectivity index (χ3n) is 3.79. The molecule has 0 aliphatic rings. The van der Waals surface area contributed by atoms with E-state index >= 15 is 0 Å². The van der Waals surface area contributed by atoms with Crippen LogP contribution < -0.4 is 5.32 Å². The van der Waals surface area contributed by atoms with Crippen LogP contribution in [0.1, 0.15) is 36.8 Å². The van der Waals surface area contributed by atoms with E-state index in [0.29, 0.717) is 6.42 Å². The molecule has 116 valence electrons. The third-order valence-corrected chi connectivity index (χ3v) is 3.79. The SMILES string of the molecule is O=C(CCCCCc1ccccc1)NCCc1ccccc1. The van der Waals surface area contributed by atoms with Gasteiger partial charge in [0, 0.05) is 13.0 Å². The van der Waals surface area contributed by atoms with Crippen molar-refractivity contribution in [3.05, 3.63) is 71.8 Å². The number of benzene rings is 2. The molecule has 0 bridgehead atoms. The first kappa shape index (κ1) is 16.3. The molecule has 0 saturated heterocycles. The van der Waals surface area contributed by atoms with Crippen LogP contribution in [0.15, 0.2) is 60.7 Å². The van der Waals surface area contributed by atoms with Crippen molar-refractivity contribution in [2.24, 2.45) is 0 Å². The molecular weight excluding hydrogens is 270 g/mol. The highest BCUT2D eigenvalue weighted by molar-refractivity contribution is 5.75. The smallest absolute Gasteiger partial charge is 0.220 e.